The highest BCUT2D eigenvalue weighted by atomic mass is 35.5. The summed E-state index contributed by atoms with van der Waals surface area (Å²) in [6.45, 7) is 9.59. The zero-order valence-electron chi connectivity index (χ0n) is 28.2. The van der Waals surface area contributed by atoms with Crippen molar-refractivity contribution in [1.82, 2.24) is 14.5 Å². The second-order valence-corrected chi connectivity index (χ2v) is 15.1. The normalized spacial score (nSPS) is 14.5. The third kappa shape index (κ3) is 7.68. The summed E-state index contributed by atoms with van der Waals surface area (Å²) in [6.07, 6.45) is 0.673. The summed E-state index contributed by atoms with van der Waals surface area (Å²) in [4.78, 5) is 1.94. The third-order valence-corrected chi connectivity index (χ3v) is 11.8. The maximum Gasteiger partial charge on any atom is 0.243 e. The Morgan fingerprint density at radius 1 is 0.792 bits per heavy atom. The molecule has 1 saturated heterocycles. The van der Waals surface area contributed by atoms with Crippen LogP contribution in [0.4, 0.5) is 0 Å². The monoisotopic (exact) mass is 711 g/mol. The van der Waals surface area contributed by atoms with E-state index in [0.29, 0.717) is 63.8 Å². The molecule has 0 saturated carbocycles. The van der Waals surface area contributed by atoms with Crippen LogP contribution in [0.25, 0.3) is 0 Å². The van der Waals surface area contributed by atoms with Gasteiger partial charge in [0.2, 0.25) is 10.0 Å². The number of benzene rings is 4. The molecule has 48 heavy (non-hydrogen) atoms. The molecule has 4 aromatic rings. The molecule has 8 nitrogen and oxygen atoms in total. The van der Waals surface area contributed by atoms with E-state index in [2.05, 4.69) is 5.32 Å². The Balaban J connectivity index is 1.46. The van der Waals surface area contributed by atoms with E-state index in [4.69, 9.17) is 32.7 Å². The summed E-state index contributed by atoms with van der Waals surface area (Å²) in [5, 5.41) is 16.1. The van der Waals surface area contributed by atoms with Gasteiger partial charge >= 0.3 is 0 Å². The number of aliphatic hydroxyl groups is 1. The average molecular weight is 713 g/mol. The molecule has 1 atom stereocenters. The summed E-state index contributed by atoms with van der Waals surface area (Å²) in [7, 11) is -0.0194. The average Bonchev–Trinajstić information content (AvgIpc) is 3.63. The minimum absolute atomic E-state index is 0.171. The second kappa shape index (κ2) is 15.2. The van der Waals surface area contributed by atoms with E-state index in [9.17, 15) is 13.5 Å². The Kier molecular flexibility index (Phi) is 11.4. The van der Waals surface area contributed by atoms with Crippen LogP contribution >= 0.6 is 23.2 Å². The largest absolute Gasteiger partial charge is 0.457 e. The second-order valence-electron chi connectivity index (χ2n) is 12.4. The van der Waals surface area contributed by atoms with Crippen molar-refractivity contribution in [3.05, 3.63) is 110 Å². The zero-order valence-corrected chi connectivity index (χ0v) is 30.6. The molecule has 0 amide bonds. The smallest absolute Gasteiger partial charge is 0.243 e. The molecular formula is C37H43Cl2N3O5S. The molecule has 5 rings (SSSR count). The van der Waals surface area contributed by atoms with Crippen LogP contribution < -0.4 is 14.8 Å². The Morgan fingerprint density at radius 3 is 1.90 bits per heavy atom. The number of ether oxygens (including phenoxy) is 2. The predicted molar refractivity (Wildman–Crippen MR) is 192 cm³/mol. The molecule has 4 aromatic carbocycles. The third-order valence-electron chi connectivity index (χ3n) is 9.12. The van der Waals surface area contributed by atoms with Crippen molar-refractivity contribution in [1.29, 1.82) is 0 Å². The summed E-state index contributed by atoms with van der Waals surface area (Å²) in [5.74, 6) is 2.27. The Morgan fingerprint density at radius 2 is 1.33 bits per heavy atom. The van der Waals surface area contributed by atoms with Crippen molar-refractivity contribution in [3.8, 4) is 23.0 Å². The first-order valence-corrected chi connectivity index (χ1v) is 18.2. The lowest BCUT2D eigenvalue weighted by Crippen LogP contribution is -2.28. The summed E-state index contributed by atoms with van der Waals surface area (Å²) >= 11 is 12.7. The summed E-state index contributed by atoms with van der Waals surface area (Å²) in [6, 6.07) is 17.8. The highest BCUT2D eigenvalue weighted by molar-refractivity contribution is 7.89. The first-order chi connectivity index (χ1) is 22.8. The molecular weight excluding hydrogens is 669 g/mol. The van der Waals surface area contributed by atoms with Crippen molar-refractivity contribution >= 4 is 33.2 Å². The SMILES string of the molecule is CNCc1ccc(C(O)N(C)Cc2ccc(S(=O)(=O)N3CCCC3)cc2Oc2ccc(Cl)c(C)c2C)cc1Oc1ccc(Cl)c(C)c1C. The van der Waals surface area contributed by atoms with E-state index in [0.717, 1.165) is 40.7 Å². The molecule has 1 unspecified atom stereocenters. The fraction of sp³-hybridized carbons (Fsp3) is 0.351. The fourth-order valence-corrected chi connectivity index (χ4v) is 7.70. The van der Waals surface area contributed by atoms with Gasteiger partial charge in [-0.2, -0.15) is 4.31 Å². The highest BCUT2D eigenvalue weighted by Gasteiger charge is 2.29. The van der Waals surface area contributed by atoms with Crippen LogP contribution in [-0.2, 0) is 23.1 Å². The van der Waals surface area contributed by atoms with Gasteiger partial charge in [0.15, 0.2) is 0 Å². The molecule has 256 valence electrons. The highest BCUT2D eigenvalue weighted by Crippen LogP contribution is 2.37. The van der Waals surface area contributed by atoms with E-state index in [-0.39, 0.29) is 11.4 Å². The lowest BCUT2D eigenvalue weighted by atomic mass is 10.1. The Bertz CT molecular complexity index is 1910. The molecule has 1 aliphatic heterocycles. The number of nitrogens with one attached hydrogen (secondary N) is 1. The van der Waals surface area contributed by atoms with Gasteiger partial charge in [-0.25, -0.2) is 8.42 Å². The van der Waals surface area contributed by atoms with Crippen molar-refractivity contribution in [3.63, 3.8) is 0 Å². The predicted octanol–water partition coefficient (Wildman–Crippen LogP) is 8.44. The molecule has 1 aliphatic rings. The van der Waals surface area contributed by atoms with E-state index < -0.39 is 16.3 Å². The molecule has 0 spiro atoms. The van der Waals surface area contributed by atoms with Crippen molar-refractivity contribution in [2.24, 2.45) is 0 Å². The molecule has 0 aromatic heterocycles. The molecule has 0 bridgehead atoms. The van der Waals surface area contributed by atoms with Crippen LogP contribution in [0, 0.1) is 27.7 Å². The number of halogens is 2. The van der Waals surface area contributed by atoms with Gasteiger partial charge in [-0.15, -0.1) is 0 Å². The van der Waals surface area contributed by atoms with Crippen LogP contribution in [0.5, 0.6) is 23.0 Å². The van der Waals surface area contributed by atoms with Crippen molar-refractivity contribution in [2.45, 2.75) is 64.7 Å². The van der Waals surface area contributed by atoms with Gasteiger partial charge in [0.1, 0.15) is 29.2 Å². The first-order valence-electron chi connectivity index (χ1n) is 16.0. The van der Waals surface area contributed by atoms with Gasteiger partial charge in [0, 0.05) is 53.4 Å². The van der Waals surface area contributed by atoms with E-state index in [1.807, 2.05) is 65.1 Å². The molecule has 1 heterocycles. The van der Waals surface area contributed by atoms with Gasteiger partial charge in [0.05, 0.1) is 4.90 Å². The maximum absolute atomic E-state index is 13.5. The fourth-order valence-electron chi connectivity index (χ4n) is 5.75. The number of hydrogen-bond acceptors (Lipinski definition) is 7. The number of hydrogen-bond donors (Lipinski definition) is 2. The summed E-state index contributed by atoms with van der Waals surface area (Å²) < 4.78 is 41.4. The minimum Gasteiger partial charge on any atom is -0.457 e. The van der Waals surface area contributed by atoms with Crippen LogP contribution in [0.3, 0.4) is 0 Å². The van der Waals surface area contributed by atoms with Gasteiger partial charge in [0.25, 0.3) is 0 Å². The zero-order chi connectivity index (χ0) is 34.7. The van der Waals surface area contributed by atoms with Gasteiger partial charge < -0.3 is 19.9 Å². The van der Waals surface area contributed by atoms with Crippen LogP contribution in [0.15, 0.2) is 65.6 Å². The van der Waals surface area contributed by atoms with Gasteiger partial charge in [-0.3, -0.25) is 4.90 Å². The molecule has 0 aliphatic carbocycles. The van der Waals surface area contributed by atoms with Crippen molar-refractivity contribution < 1.29 is 23.0 Å². The Hall–Kier alpha value is -3.15. The molecule has 1 fully saturated rings. The van der Waals surface area contributed by atoms with Gasteiger partial charge in [-0.05, 0) is 119 Å². The first kappa shape index (κ1) is 36.1. The van der Waals surface area contributed by atoms with E-state index in [1.54, 1.807) is 42.3 Å². The van der Waals surface area contributed by atoms with Gasteiger partial charge in [-0.1, -0.05) is 41.4 Å². The quantitative estimate of drug-likeness (QED) is 0.143. The standard InChI is InChI=1S/C37H43Cl2N3O5S/c1-23-25(3)33(15-13-31(23)38)46-35-19-27(9-10-28(35)21-40-5)37(43)41(6)22-29-11-12-30(48(44,45)42-17-7-8-18-42)20-36(29)47-34-16-14-32(39)24(2)26(34)4/h9-16,19-20,37,40,43H,7-8,17-18,21-22H2,1-6H3. The molecule has 0 radical (unpaired) electrons. The van der Waals surface area contributed by atoms with Crippen molar-refractivity contribution in [2.75, 3.05) is 27.2 Å². The van der Waals surface area contributed by atoms with Crippen LogP contribution in [0.1, 0.15) is 58.0 Å². The maximum atomic E-state index is 13.5. The van der Waals surface area contributed by atoms with Crippen LogP contribution in [0.2, 0.25) is 10.0 Å². The number of aliphatic hydroxyl groups excluding tert-OH is 1. The minimum atomic E-state index is -3.69. The number of rotatable bonds is 12. The Labute approximate surface area is 294 Å². The summed E-state index contributed by atoms with van der Waals surface area (Å²) in [5.41, 5.74) is 5.90. The van der Waals surface area contributed by atoms with E-state index >= 15 is 0 Å². The lowest BCUT2D eigenvalue weighted by Gasteiger charge is -2.26. The van der Waals surface area contributed by atoms with E-state index in [1.165, 1.54) is 4.31 Å². The number of sulfonamides is 1. The molecule has 11 heteroatoms. The molecule has 2 N–H and O–H groups in total. The topological polar surface area (TPSA) is 91.3 Å². The lowest BCUT2D eigenvalue weighted by molar-refractivity contribution is 0.0147. The number of nitrogens with zero attached hydrogens (tertiary/aromatic N) is 2. The van der Waals surface area contributed by atoms with Crippen LogP contribution in [-0.4, -0.2) is 49.9 Å².